The number of carbonyl (C=O) groups excluding carboxylic acids is 2. The molecule has 0 radical (unpaired) electrons. The summed E-state index contributed by atoms with van der Waals surface area (Å²) >= 11 is 6.08. The molecule has 0 saturated carbocycles. The maximum atomic E-state index is 12.3. The summed E-state index contributed by atoms with van der Waals surface area (Å²) < 4.78 is 20.6. The van der Waals surface area contributed by atoms with Gasteiger partial charge in [-0.1, -0.05) is 11.6 Å². The minimum Gasteiger partial charge on any atom is -0.497 e. The number of ether oxygens (including phenoxy) is 4. The molecule has 2 aromatic carbocycles. The normalized spacial score (nSPS) is 10.5. The van der Waals surface area contributed by atoms with Crippen molar-refractivity contribution >= 4 is 40.1 Å². The molecule has 1 amide bonds. The van der Waals surface area contributed by atoms with Crippen LogP contribution in [0.15, 0.2) is 36.4 Å². The molecule has 0 aliphatic carbocycles. The molecule has 3 rings (SSSR count). The van der Waals surface area contributed by atoms with Crippen molar-refractivity contribution in [1.82, 2.24) is 4.98 Å². The largest absolute Gasteiger partial charge is 0.497 e. The number of benzene rings is 2. The van der Waals surface area contributed by atoms with Crippen LogP contribution in [-0.2, 0) is 9.53 Å². The SMILES string of the molecule is COc1ccc2cc(C(=O)OCC(=O)Nc3cc(Cl)c(OC)cc3OC)[nH]c2c1. The van der Waals surface area contributed by atoms with E-state index in [0.717, 1.165) is 10.9 Å². The van der Waals surface area contributed by atoms with E-state index in [-0.39, 0.29) is 5.69 Å². The Morgan fingerprint density at radius 2 is 1.76 bits per heavy atom. The lowest BCUT2D eigenvalue weighted by molar-refractivity contribution is -0.119. The Balaban J connectivity index is 1.65. The lowest BCUT2D eigenvalue weighted by Crippen LogP contribution is -2.21. The van der Waals surface area contributed by atoms with E-state index in [1.165, 1.54) is 20.3 Å². The molecule has 2 N–H and O–H groups in total. The molecule has 0 aliphatic heterocycles. The maximum absolute atomic E-state index is 12.3. The first-order valence-electron chi connectivity index (χ1n) is 8.50. The summed E-state index contributed by atoms with van der Waals surface area (Å²) in [6.07, 6.45) is 0. The molecule has 9 heteroatoms. The second-order valence-electron chi connectivity index (χ2n) is 5.95. The minimum absolute atomic E-state index is 0.228. The topological polar surface area (TPSA) is 98.9 Å². The summed E-state index contributed by atoms with van der Waals surface area (Å²) in [5, 5.41) is 3.71. The van der Waals surface area contributed by atoms with Gasteiger partial charge < -0.3 is 29.2 Å². The van der Waals surface area contributed by atoms with E-state index in [1.807, 2.05) is 6.07 Å². The highest BCUT2D eigenvalue weighted by Gasteiger charge is 2.16. The second-order valence-corrected chi connectivity index (χ2v) is 6.35. The number of nitrogens with one attached hydrogen (secondary N) is 2. The van der Waals surface area contributed by atoms with E-state index >= 15 is 0 Å². The van der Waals surface area contributed by atoms with E-state index in [1.54, 1.807) is 31.4 Å². The number of carbonyl (C=O) groups is 2. The maximum Gasteiger partial charge on any atom is 0.355 e. The molecule has 1 heterocycles. The number of hydrogen-bond acceptors (Lipinski definition) is 6. The molecule has 0 spiro atoms. The van der Waals surface area contributed by atoms with Gasteiger partial charge in [0.15, 0.2) is 6.61 Å². The number of H-pyrrole nitrogens is 1. The Morgan fingerprint density at radius 3 is 2.45 bits per heavy atom. The number of amides is 1. The number of hydrogen-bond donors (Lipinski definition) is 2. The molecule has 3 aromatic rings. The Hall–Kier alpha value is -3.39. The molecule has 0 saturated heterocycles. The quantitative estimate of drug-likeness (QED) is 0.568. The van der Waals surface area contributed by atoms with Gasteiger partial charge in [-0.3, -0.25) is 4.79 Å². The van der Waals surface area contributed by atoms with E-state index in [9.17, 15) is 9.59 Å². The molecule has 152 valence electrons. The summed E-state index contributed by atoms with van der Waals surface area (Å²) in [6.45, 7) is -0.482. The highest BCUT2D eigenvalue weighted by molar-refractivity contribution is 6.32. The first-order chi connectivity index (χ1) is 13.9. The van der Waals surface area contributed by atoms with Gasteiger partial charge in [0.2, 0.25) is 0 Å². The summed E-state index contributed by atoms with van der Waals surface area (Å²) in [6, 6.07) is 10.0. The standard InChI is InChI=1S/C20H19ClN2O6/c1-26-12-5-4-11-6-16(22-14(11)7-12)20(25)29-10-19(24)23-15-8-13(21)17(27-2)9-18(15)28-3/h4-9,22H,10H2,1-3H3,(H,23,24). The van der Waals surface area contributed by atoms with Crippen molar-refractivity contribution in [3.63, 3.8) is 0 Å². The summed E-state index contributed by atoms with van der Waals surface area (Å²) in [5.74, 6) is 0.218. The zero-order chi connectivity index (χ0) is 21.0. The summed E-state index contributed by atoms with van der Waals surface area (Å²) in [7, 11) is 4.48. The van der Waals surface area contributed by atoms with Crippen LogP contribution in [0.2, 0.25) is 5.02 Å². The van der Waals surface area contributed by atoms with Gasteiger partial charge in [0, 0.05) is 23.0 Å². The molecule has 1 aromatic heterocycles. The Kier molecular flexibility index (Phi) is 6.13. The van der Waals surface area contributed by atoms with Crippen LogP contribution in [0.1, 0.15) is 10.5 Å². The number of rotatable bonds is 7. The lowest BCUT2D eigenvalue weighted by atomic mass is 10.2. The predicted octanol–water partition coefficient (Wildman–Crippen LogP) is 3.64. The summed E-state index contributed by atoms with van der Waals surface area (Å²) in [4.78, 5) is 27.4. The third-order valence-corrected chi connectivity index (χ3v) is 4.43. The fourth-order valence-corrected chi connectivity index (χ4v) is 2.94. The van der Waals surface area contributed by atoms with Crippen LogP contribution in [0.4, 0.5) is 5.69 Å². The van der Waals surface area contributed by atoms with Crippen molar-refractivity contribution < 1.29 is 28.5 Å². The zero-order valence-electron chi connectivity index (χ0n) is 16.0. The number of aromatic nitrogens is 1. The van der Waals surface area contributed by atoms with E-state index < -0.39 is 18.5 Å². The van der Waals surface area contributed by atoms with E-state index in [4.69, 9.17) is 30.5 Å². The van der Waals surface area contributed by atoms with E-state index in [2.05, 4.69) is 10.3 Å². The van der Waals surface area contributed by atoms with Gasteiger partial charge in [-0.25, -0.2) is 4.79 Å². The van der Waals surface area contributed by atoms with Gasteiger partial charge in [0.05, 0.1) is 32.0 Å². The summed E-state index contributed by atoms with van der Waals surface area (Å²) in [5.41, 5.74) is 1.28. The fourth-order valence-electron chi connectivity index (χ4n) is 2.70. The molecule has 8 nitrogen and oxygen atoms in total. The minimum atomic E-state index is -0.657. The van der Waals surface area contributed by atoms with Crippen molar-refractivity contribution in [3.05, 3.63) is 47.1 Å². The van der Waals surface area contributed by atoms with Crippen molar-refractivity contribution in [2.75, 3.05) is 33.3 Å². The van der Waals surface area contributed by atoms with Crippen LogP contribution in [-0.4, -0.2) is 44.8 Å². The Labute approximate surface area is 171 Å². The van der Waals surface area contributed by atoms with Crippen LogP contribution < -0.4 is 19.5 Å². The molecule has 0 fully saturated rings. The third-order valence-electron chi connectivity index (χ3n) is 4.13. The molecule has 0 unspecified atom stereocenters. The number of esters is 1. The average molecular weight is 419 g/mol. The zero-order valence-corrected chi connectivity index (χ0v) is 16.8. The Morgan fingerprint density at radius 1 is 1.00 bits per heavy atom. The monoisotopic (exact) mass is 418 g/mol. The van der Waals surface area contributed by atoms with Gasteiger partial charge in [-0.15, -0.1) is 0 Å². The van der Waals surface area contributed by atoms with E-state index in [0.29, 0.717) is 28.0 Å². The smallest absolute Gasteiger partial charge is 0.355 e. The van der Waals surface area contributed by atoms with Crippen LogP contribution in [0.25, 0.3) is 10.9 Å². The van der Waals surface area contributed by atoms with Crippen molar-refractivity contribution in [2.24, 2.45) is 0 Å². The van der Waals surface area contributed by atoms with Crippen molar-refractivity contribution in [2.45, 2.75) is 0 Å². The van der Waals surface area contributed by atoms with Crippen LogP contribution >= 0.6 is 11.6 Å². The number of methoxy groups -OCH3 is 3. The van der Waals surface area contributed by atoms with Gasteiger partial charge in [-0.05, 0) is 24.3 Å². The number of halogens is 1. The third kappa shape index (κ3) is 4.55. The van der Waals surface area contributed by atoms with Gasteiger partial charge in [-0.2, -0.15) is 0 Å². The van der Waals surface area contributed by atoms with Crippen molar-refractivity contribution in [1.29, 1.82) is 0 Å². The number of fused-ring (bicyclic) bond motifs is 1. The van der Waals surface area contributed by atoms with Crippen LogP contribution in [0.3, 0.4) is 0 Å². The van der Waals surface area contributed by atoms with Crippen molar-refractivity contribution in [3.8, 4) is 17.2 Å². The Bertz CT molecular complexity index is 1060. The van der Waals surface area contributed by atoms with Crippen LogP contribution in [0.5, 0.6) is 17.2 Å². The van der Waals surface area contributed by atoms with Gasteiger partial charge in [0.1, 0.15) is 22.9 Å². The lowest BCUT2D eigenvalue weighted by Gasteiger charge is -2.13. The highest BCUT2D eigenvalue weighted by Crippen LogP contribution is 2.35. The van der Waals surface area contributed by atoms with Gasteiger partial charge >= 0.3 is 5.97 Å². The number of aromatic amines is 1. The molecule has 0 atom stereocenters. The molecule has 0 bridgehead atoms. The second kappa shape index (κ2) is 8.74. The highest BCUT2D eigenvalue weighted by atomic mass is 35.5. The molecular formula is C20H19ClN2O6. The van der Waals surface area contributed by atoms with Gasteiger partial charge in [0.25, 0.3) is 5.91 Å². The predicted molar refractivity (Wildman–Crippen MR) is 108 cm³/mol. The average Bonchev–Trinajstić information content (AvgIpc) is 3.15. The van der Waals surface area contributed by atoms with Crippen LogP contribution in [0, 0.1) is 0 Å². The fraction of sp³-hybridized carbons (Fsp3) is 0.200. The first kappa shape index (κ1) is 20.3. The molecule has 29 heavy (non-hydrogen) atoms. The molecular weight excluding hydrogens is 400 g/mol. The molecule has 0 aliphatic rings. The first-order valence-corrected chi connectivity index (χ1v) is 8.88. The number of anilines is 1.